The van der Waals surface area contributed by atoms with E-state index >= 15 is 0 Å². The predicted molar refractivity (Wildman–Crippen MR) is 97.5 cm³/mol. The fourth-order valence-corrected chi connectivity index (χ4v) is 4.30. The van der Waals surface area contributed by atoms with Gasteiger partial charge in [-0.25, -0.2) is 4.79 Å². The summed E-state index contributed by atoms with van der Waals surface area (Å²) in [5.41, 5.74) is 0.557. The summed E-state index contributed by atoms with van der Waals surface area (Å²) < 4.78 is 38.8. The van der Waals surface area contributed by atoms with Crippen molar-refractivity contribution >= 4 is 22.5 Å². The van der Waals surface area contributed by atoms with E-state index in [1.54, 1.807) is 17.3 Å². The summed E-state index contributed by atoms with van der Waals surface area (Å²) in [4.78, 5) is 20.3. The maximum Gasteiger partial charge on any atom is 0.391 e. The Morgan fingerprint density at radius 1 is 1.11 bits per heavy atom. The molecule has 2 aromatic rings. The average Bonchev–Trinajstić information content (AvgIpc) is 3.03. The lowest BCUT2D eigenvalue weighted by atomic mass is 9.85. The van der Waals surface area contributed by atoms with Gasteiger partial charge in [-0.3, -0.25) is 9.88 Å². The van der Waals surface area contributed by atoms with Gasteiger partial charge in [0.25, 0.3) is 0 Å². The molecule has 0 N–H and O–H groups in total. The van der Waals surface area contributed by atoms with Crippen LogP contribution in [0.25, 0.3) is 10.8 Å². The van der Waals surface area contributed by atoms with E-state index in [0.29, 0.717) is 18.5 Å². The zero-order valence-corrected chi connectivity index (χ0v) is 15.1. The molecule has 5 nitrogen and oxygen atoms in total. The molecule has 0 unspecified atom stereocenters. The molecule has 0 spiro atoms. The van der Waals surface area contributed by atoms with E-state index in [-0.39, 0.29) is 31.5 Å². The normalized spacial score (nSPS) is 25.9. The van der Waals surface area contributed by atoms with Crippen LogP contribution in [0, 0.1) is 17.2 Å². The number of urea groups is 1. The van der Waals surface area contributed by atoms with Crippen molar-refractivity contribution in [1.82, 2.24) is 9.88 Å². The summed E-state index contributed by atoms with van der Waals surface area (Å²) in [5.74, 6) is -1.30. The number of nitrogens with zero attached hydrogens (tertiary/aromatic N) is 4. The first-order valence-electron chi connectivity index (χ1n) is 9.29. The Labute approximate surface area is 160 Å². The van der Waals surface area contributed by atoms with Gasteiger partial charge in [-0.2, -0.15) is 18.4 Å². The summed E-state index contributed by atoms with van der Waals surface area (Å²) in [7, 11) is 0. The number of anilines is 1. The van der Waals surface area contributed by atoms with E-state index in [1.807, 2.05) is 24.3 Å². The van der Waals surface area contributed by atoms with Crippen LogP contribution in [-0.2, 0) is 0 Å². The van der Waals surface area contributed by atoms with Gasteiger partial charge >= 0.3 is 12.2 Å². The first-order valence-corrected chi connectivity index (χ1v) is 9.29. The lowest BCUT2D eigenvalue weighted by molar-refractivity contribution is -0.183. The fourth-order valence-electron chi connectivity index (χ4n) is 4.30. The van der Waals surface area contributed by atoms with Crippen molar-refractivity contribution in [3.8, 4) is 6.07 Å². The molecule has 1 aliphatic heterocycles. The number of nitriles is 1. The molecule has 28 heavy (non-hydrogen) atoms. The maximum atomic E-state index is 13.1. The van der Waals surface area contributed by atoms with E-state index < -0.39 is 18.1 Å². The standard InChI is InChI=1S/C20H19F3N4O/c21-20(22,23)14-5-7-15(8-6-14)26-12-16(9-24)27(19(26)28)18-11-25-10-13-3-1-2-4-17(13)18/h1-4,10-11,14-16H,5-8,12H2/t14?,15?,16-/m1/s1. The van der Waals surface area contributed by atoms with Crippen molar-refractivity contribution in [3.05, 3.63) is 36.7 Å². The highest BCUT2D eigenvalue weighted by Crippen LogP contribution is 2.40. The Balaban J connectivity index is 1.59. The maximum absolute atomic E-state index is 13.1. The number of alkyl halides is 3. The Morgan fingerprint density at radius 3 is 2.50 bits per heavy atom. The Morgan fingerprint density at radius 2 is 1.82 bits per heavy atom. The zero-order valence-electron chi connectivity index (χ0n) is 15.1. The quantitative estimate of drug-likeness (QED) is 0.762. The molecule has 1 aliphatic carbocycles. The van der Waals surface area contributed by atoms with E-state index in [2.05, 4.69) is 11.1 Å². The SMILES string of the molecule is N#C[C@@H]1CN(C2CCC(C(F)(F)F)CC2)C(=O)N1c1cncc2ccccc12. The first-order chi connectivity index (χ1) is 13.4. The first kappa shape index (κ1) is 18.5. The molecule has 1 aromatic heterocycles. The molecule has 2 fully saturated rings. The molecule has 2 heterocycles. The number of benzene rings is 1. The van der Waals surface area contributed by atoms with Crippen molar-refractivity contribution in [1.29, 1.82) is 5.26 Å². The van der Waals surface area contributed by atoms with Gasteiger partial charge in [0.2, 0.25) is 0 Å². The molecular formula is C20H19F3N4O. The van der Waals surface area contributed by atoms with Crippen molar-refractivity contribution < 1.29 is 18.0 Å². The van der Waals surface area contributed by atoms with E-state index in [4.69, 9.17) is 0 Å². The molecule has 4 rings (SSSR count). The van der Waals surface area contributed by atoms with Gasteiger partial charge in [-0.1, -0.05) is 24.3 Å². The third-order valence-corrected chi connectivity index (χ3v) is 5.79. The van der Waals surface area contributed by atoms with Crippen LogP contribution in [-0.4, -0.2) is 40.7 Å². The van der Waals surface area contributed by atoms with Gasteiger partial charge in [0.05, 0.1) is 30.4 Å². The Hall–Kier alpha value is -2.82. The number of hydrogen-bond acceptors (Lipinski definition) is 3. The van der Waals surface area contributed by atoms with E-state index in [0.717, 1.165) is 10.8 Å². The smallest absolute Gasteiger partial charge is 0.318 e. The lowest BCUT2D eigenvalue weighted by Gasteiger charge is -2.34. The third kappa shape index (κ3) is 3.15. The number of pyridine rings is 1. The predicted octanol–water partition coefficient (Wildman–Crippen LogP) is 4.49. The monoisotopic (exact) mass is 388 g/mol. The number of amides is 2. The fraction of sp³-hybridized carbons (Fsp3) is 0.450. The van der Waals surface area contributed by atoms with Crippen molar-refractivity contribution in [2.45, 2.75) is 43.9 Å². The number of aromatic nitrogens is 1. The van der Waals surface area contributed by atoms with E-state index in [9.17, 15) is 23.2 Å². The number of carbonyl (C=O) groups excluding carboxylic acids is 1. The molecule has 2 amide bonds. The molecule has 0 radical (unpaired) electrons. The highest BCUT2D eigenvalue weighted by Gasteiger charge is 2.46. The van der Waals surface area contributed by atoms with Gasteiger partial charge in [-0.05, 0) is 25.7 Å². The van der Waals surface area contributed by atoms with Crippen LogP contribution >= 0.6 is 0 Å². The van der Waals surface area contributed by atoms with Crippen LogP contribution in [0.3, 0.4) is 0 Å². The second kappa shape index (κ2) is 6.97. The molecule has 1 aromatic carbocycles. The van der Waals surface area contributed by atoms with Crippen LogP contribution in [0.2, 0.25) is 0 Å². The van der Waals surface area contributed by atoms with Crippen LogP contribution in [0.1, 0.15) is 25.7 Å². The number of carbonyl (C=O) groups is 1. The zero-order chi connectivity index (χ0) is 19.9. The summed E-state index contributed by atoms with van der Waals surface area (Å²) in [5, 5.41) is 11.3. The summed E-state index contributed by atoms with van der Waals surface area (Å²) >= 11 is 0. The number of halogens is 3. The van der Waals surface area contributed by atoms with Crippen LogP contribution < -0.4 is 4.90 Å². The second-order valence-electron chi connectivity index (χ2n) is 7.38. The lowest BCUT2D eigenvalue weighted by Crippen LogP contribution is -2.43. The molecule has 1 saturated carbocycles. The molecule has 1 atom stereocenters. The number of hydrogen-bond donors (Lipinski definition) is 0. The molecule has 0 bridgehead atoms. The van der Waals surface area contributed by atoms with Crippen molar-refractivity contribution in [2.24, 2.45) is 5.92 Å². The van der Waals surface area contributed by atoms with Gasteiger partial charge in [0, 0.05) is 23.0 Å². The Bertz CT molecular complexity index is 926. The van der Waals surface area contributed by atoms with Gasteiger partial charge < -0.3 is 4.90 Å². The minimum atomic E-state index is -4.18. The molecule has 8 heteroatoms. The minimum absolute atomic E-state index is 0.0188. The number of fused-ring (bicyclic) bond motifs is 1. The molecular weight excluding hydrogens is 369 g/mol. The van der Waals surface area contributed by atoms with Crippen molar-refractivity contribution in [2.75, 3.05) is 11.4 Å². The molecule has 146 valence electrons. The van der Waals surface area contributed by atoms with Gasteiger partial charge in [0.1, 0.15) is 6.04 Å². The van der Waals surface area contributed by atoms with Gasteiger partial charge in [-0.15, -0.1) is 0 Å². The van der Waals surface area contributed by atoms with Crippen molar-refractivity contribution in [3.63, 3.8) is 0 Å². The highest BCUT2D eigenvalue weighted by molar-refractivity contribution is 6.04. The second-order valence-corrected chi connectivity index (χ2v) is 7.38. The molecule has 2 aliphatic rings. The average molecular weight is 388 g/mol. The summed E-state index contributed by atoms with van der Waals surface area (Å²) in [6, 6.07) is 8.33. The minimum Gasteiger partial charge on any atom is -0.318 e. The largest absolute Gasteiger partial charge is 0.391 e. The Kier molecular flexibility index (Phi) is 4.61. The van der Waals surface area contributed by atoms with Crippen LogP contribution in [0.15, 0.2) is 36.7 Å². The number of rotatable bonds is 2. The highest BCUT2D eigenvalue weighted by atomic mass is 19.4. The van der Waals surface area contributed by atoms with E-state index in [1.165, 1.54) is 4.90 Å². The topological polar surface area (TPSA) is 60.2 Å². The third-order valence-electron chi connectivity index (χ3n) is 5.79. The summed E-state index contributed by atoms with van der Waals surface area (Å²) in [6.07, 6.45) is -0.289. The summed E-state index contributed by atoms with van der Waals surface area (Å²) in [6.45, 7) is 0.194. The van der Waals surface area contributed by atoms with Crippen LogP contribution in [0.5, 0.6) is 0 Å². The van der Waals surface area contributed by atoms with Crippen LogP contribution in [0.4, 0.5) is 23.7 Å². The van der Waals surface area contributed by atoms with Gasteiger partial charge in [0.15, 0.2) is 0 Å². The molecule has 1 saturated heterocycles.